The highest BCUT2D eigenvalue weighted by Crippen LogP contribution is 2.34. The van der Waals surface area contributed by atoms with Crippen molar-refractivity contribution in [2.24, 2.45) is 0 Å². The average molecular weight is 432 g/mol. The summed E-state index contributed by atoms with van der Waals surface area (Å²) >= 11 is 0. The van der Waals surface area contributed by atoms with E-state index in [1.54, 1.807) is 6.33 Å². The first-order valence-corrected chi connectivity index (χ1v) is 11.2. The van der Waals surface area contributed by atoms with Gasteiger partial charge in [-0.05, 0) is 43.7 Å². The summed E-state index contributed by atoms with van der Waals surface area (Å²) in [5, 5.41) is 5.29. The Hall–Kier alpha value is -3.16. The van der Waals surface area contributed by atoms with E-state index in [0.29, 0.717) is 6.61 Å². The minimum atomic E-state index is 0.150. The highest BCUT2D eigenvalue weighted by molar-refractivity contribution is 5.62. The van der Waals surface area contributed by atoms with Crippen LogP contribution in [0.15, 0.2) is 67.0 Å². The molecule has 2 aromatic carbocycles. The van der Waals surface area contributed by atoms with Gasteiger partial charge in [0.25, 0.3) is 0 Å². The fourth-order valence-corrected chi connectivity index (χ4v) is 4.50. The predicted molar refractivity (Wildman–Crippen MR) is 126 cm³/mol. The maximum absolute atomic E-state index is 5.91. The molecule has 5 rings (SSSR count). The van der Waals surface area contributed by atoms with E-state index in [4.69, 9.17) is 9.57 Å². The largest absolute Gasteiger partial charge is 0.372 e. The first-order valence-electron chi connectivity index (χ1n) is 11.2. The Bertz CT molecular complexity index is 1020. The third-order valence-electron chi connectivity index (χ3n) is 5.89. The van der Waals surface area contributed by atoms with Gasteiger partial charge in [0.15, 0.2) is 5.82 Å². The summed E-state index contributed by atoms with van der Waals surface area (Å²) in [4.78, 5) is 17.1. The number of anilines is 4. The number of morpholine rings is 1. The molecule has 1 aromatic heterocycles. The van der Waals surface area contributed by atoms with E-state index in [1.807, 2.05) is 17.2 Å². The molecule has 32 heavy (non-hydrogen) atoms. The van der Waals surface area contributed by atoms with Crippen LogP contribution in [-0.4, -0.2) is 41.9 Å². The molecule has 1 N–H and O–H groups in total. The molecule has 166 valence electrons. The van der Waals surface area contributed by atoms with Crippen LogP contribution in [0.2, 0.25) is 0 Å². The van der Waals surface area contributed by atoms with Gasteiger partial charge in [0, 0.05) is 37.0 Å². The molecule has 0 spiro atoms. The second kappa shape index (κ2) is 9.14. The van der Waals surface area contributed by atoms with E-state index in [0.717, 1.165) is 36.8 Å². The van der Waals surface area contributed by atoms with E-state index in [1.165, 1.54) is 11.3 Å². The molecule has 2 aliphatic heterocycles. The van der Waals surface area contributed by atoms with Gasteiger partial charge < -0.3 is 15.0 Å². The Kier molecular flexibility index (Phi) is 5.92. The van der Waals surface area contributed by atoms with Crippen molar-refractivity contribution in [2.75, 3.05) is 35.0 Å². The normalized spacial score (nSPS) is 23.4. The van der Waals surface area contributed by atoms with Crippen molar-refractivity contribution in [3.05, 3.63) is 72.6 Å². The molecule has 2 fully saturated rings. The quantitative estimate of drug-likeness (QED) is 0.627. The van der Waals surface area contributed by atoms with Crippen LogP contribution in [0.5, 0.6) is 0 Å². The minimum absolute atomic E-state index is 0.150. The van der Waals surface area contributed by atoms with E-state index in [9.17, 15) is 0 Å². The van der Waals surface area contributed by atoms with Crippen LogP contribution in [0.1, 0.15) is 31.9 Å². The zero-order valence-electron chi connectivity index (χ0n) is 18.5. The highest BCUT2D eigenvalue weighted by Gasteiger charge is 2.29. The molecule has 3 atom stereocenters. The molecule has 0 bridgehead atoms. The molecule has 3 heterocycles. The van der Waals surface area contributed by atoms with Crippen LogP contribution >= 0.6 is 0 Å². The van der Waals surface area contributed by atoms with Gasteiger partial charge in [-0.1, -0.05) is 30.3 Å². The van der Waals surface area contributed by atoms with Crippen LogP contribution in [0.3, 0.4) is 0 Å². The lowest BCUT2D eigenvalue weighted by molar-refractivity contribution is -0.00521. The number of hydrogen-bond donors (Lipinski definition) is 1. The maximum Gasteiger partial charge on any atom is 0.158 e. The van der Waals surface area contributed by atoms with Crippen molar-refractivity contribution >= 4 is 23.0 Å². The van der Waals surface area contributed by atoms with E-state index in [-0.39, 0.29) is 18.2 Å². The zero-order chi connectivity index (χ0) is 21.9. The van der Waals surface area contributed by atoms with Crippen molar-refractivity contribution in [1.82, 2.24) is 9.97 Å². The second-order valence-electron chi connectivity index (χ2n) is 8.47. The van der Waals surface area contributed by atoms with Crippen LogP contribution in [0.25, 0.3) is 0 Å². The SMILES string of the molecule is C[C@@H]1CN(c2ccc(Nc3cc(N4OCC[C@@H]4c4ccccc4)ncn3)cc2)C[C@H](C)O1. The van der Waals surface area contributed by atoms with Crippen LogP contribution < -0.4 is 15.3 Å². The number of nitrogens with zero attached hydrogens (tertiary/aromatic N) is 4. The first-order chi connectivity index (χ1) is 15.7. The third-order valence-corrected chi connectivity index (χ3v) is 5.89. The van der Waals surface area contributed by atoms with Crippen molar-refractivity contribution in [3.63, 3.8) is 0 Å². The zero-order valence-corrected chi connectivity index (χ0v) is 18.5. The molecule has 7 heteroatoms. The van der Waals surface area contributed by atoms with Crippen LogP contribution in [0, 0.1) is 0 Å². The molecule has 0 saturated carbocycles. The van der Waals surface area contributed by atoms with Crippen molar-refractivity contribution in [1.29, 1.82) is 0 Å². The van der Waals surface area contributed by atoms with Crippen molar-refractivity contribution in [3.8, 4) is 0 Å². The lowest BCUT2D eigenvalue weighted by atomic mass is 10.0. The smallest absolute Gasteiger partial charge is 0.158 e. The average Bonchev–Trinajstić information content (AvgIpc) is 3.30. The summed E-state index contributed by atoms with van der Waals surface area (Å²) < 4.78 is 5.85. The molecular weight excluding hydrogens is 402 g/mol. The molecular formula is C25H29N5O2. The molecule has 0 aliphatic carbocycles. The van der Waals surface area contributed by atoms with E-state index in [2.05, 4.69) is 82.6 Å². The fourth-order valence-electron chi connectivity index (χ4n) is 4.50. The minimum Gasteiger partial charge on any atom is -0.372 e. The third kappa shape index (κ3) is 4.54. The second-order valence-corrected chi connectivity index (χ2v) is 8.47. The molecule has 0 radical (unpaired) electrons. The summed E-state index contributed by atoms with van der Waals surface area (Å²) in [7, 11) is 0. The lowest BCUT2D eigenvalue weighted by Gasteiger charge is -2.36. The number of hydroxylamine groups is 1. The Labute approximate surface area is 189 Å². The van der Waals surface area contributed by atoms with Crippen LogP contribution in [-0.2, 0) is 9.57 Å². The lowest BCUT2D eigenvalue weighted by Crippen LogP contribution is -2.45. The fraction of sp³-hybridized carbons (Fsp3) is 0.360. The summed E-state index contributed by atoms with van der Waals surface area (Å²) in [6.45, 7) is 6.73. The summed E-state index contributed by atoms with van der Waals surface area (Å²) in [5.41, 5.74) is 3.41. The van der Waals surface area contributed by atoms with Gasteiger partial charge in [-0.25, -0.2) is 15.0 Å². The van der Waals surface area contributed by atoms with Gasteiger partial charge in [-0.2, -0.15) is 0 Å². The Morgan fingerprint density at radius 3 is 2.44 bits per heavy atom. The van der Waals surface area contributed by atoms with Crippen molar-refractivity contribution < 1.29 is 9.57 Å². The summed E-state index contributed by atoms with van der Waals surface area (Å²) in [5.74, 6) is 1.49. The predicted octanol–water partition coefficient (Wildman–Crippen LogP) is 4.72. The van der Waals surface area contributed by atoms with E-state index < -0.39 is 0 Å². The monoisotopic (exact) mass is 431 g/mol. The van der Waals surface area contributed by atoms with Gasteiger partial charge in [-0.3, -0.25) is 4.84 Å². The van der Waals surface area contributed by atoms with Gasteiger partial charge in [0.2, 0.25) is 0 Å². The number of aromatic nitrogens is 2. The molecule has 0 amide bonds. The summed E-state index contributed by atoms with van der Waals surface area (Å²) in [6.07, 6.45) is 2.98. The molecule has 2 aliphatic rings. The van der Waals surface area contributed by atoms with Crippen LogP contribution in [0.4, 0.5) is 23.0 Å². The number of rotatable bonds is 5. The van der Waals surface area contributed by atoms with Gasteiger partial charge in [-0.15, -0.1) is 0 Å². The van der Waals surface area contributed by atoms with Gasteiger partial charge in [0.1, 0.15) is 12.1 Å². The number of ether oxygens (including phenoxy) is 1. The number of nitrogens with one attached hydrogen (secondary N) is 1. The van der Waals surface area contributed by atoms with E-state index >= 15 is 0 Å². The maximum atomic E-state index is 5.91. The van der Waals surface area contributed by atoms with Gasteiger partial charge >= 0.3 is 0 Å². The molecule has 2 saturated heterocycles. The first kappa shape index (κ1) is 20.7. The molecule has 0 unspecified atom stereocenters. The molecule has 3 aromatic rings. The Balaban J connectivity index is 1.29. The standard InChI is InChI=1S/C25H29N5O2/c1-18-15-29(16-19(2)32-18)22-10-8-21(9-11-22)28-24-14-25(27-17-26-24)30-23(12-13-31-30)20-6-4-3-5-7-20/h3-11,14,17-19,23H,12-13,15-16H2,1-2H3,(H,26,27,28)/t18-,19+,23-/m1/s1. The number of benzene rings is 2. The molecule has 7 nitrogen and oxygen atoms in total. The van der Waals surface area contributed by atoms with Crippen molar-refractivity contribution in [2.45, 2.75) is 38.5 Å². The summed E-state index contributed by atoms with van der Waals surface area (Å²) in [6, 6.07) is 20.9. The Morgan fingerprint density at radius 2 is 1.69 bits per heavy atom. The number of hydrogen-bond acceptors (Lipinski definition) is 7. The highest BCUT2D eigenvalue weighted by atomic mass is 16.7. The van der Waals surface area contributed by atoms with Gasteiger partial charge in [0.05, 0.1) is 24.9 Å². The Morgan fingerprint density at radius 1 is 0.938 bits per heavy atom. The topological polar surface area (TPSA) is 62.8 Å².